The van der Waals surface area contributed by atoms with Gasteiger partial charge in [-0.25, -0.2) is 0 Å². The van der Waals surface area contributed by atoms with Crippen LogP contribution in [0.15, 0.2) is 0 Å². The summed E-state index contributed by atoms with van der Waals surface area (Å²) in [6, 6.07) is 0. The Morgan fingerprint density at radius 1 is 1.25 bits per heavy atom. The van der Waals surface area contributed by atoms with E-state index in [1.165, 1.54) is 0 Å². The van der Waals surface area contributed by atoms with Crippen molar-refractivity contribution in [1.82, 2.24) is 5.32 Å². The summed E-state index contributed by atoms with van der Waals surface area (Å²) in [5.74, 6) is -0.332. The minimum Gasteiger partial charge on any atom is -0.466 e. The zero-order chi connectivity index (χ0) is 14.3. The standard InChI is InChI=1S/C13H24BNO4.ClH/c1-6-17-11(16)9-7-15-8-10(9)14-18-12(2,3)13(4,5)19-14;/h9-10,15H,6-8H2,1-5H3;1H. The number of esters is 1. The van der Waals surface area contributed by atoms with E-state index < -0.39 is 0 Å². The molecule has 0 spiro atoms. The smallest absolute Gasteiger partial charge is 0.463 e. The molecule has 0 bridgehead atoms. The van der Waals surface area contributed by atoms with Crippen molar-refractivity contribution >= 4 is 25.5 Å². The van der Waals surface area contributed by atoms with Crippen molar-refractivity contribution in [3.05, 3.63) is 0 Å². The van der Waals surface area contributed by atoms with Crippen LogP contribution in [-0.4, -0.2) is 44.0 Å². The first-order valence-electron chi connectivity index (χ1n) is 7.01. The van der Waals surface area contributed by atoms with Crippen LogP contribution in [0.5, 0.6) is 0 Å². The summed E-state index contributed by atoms with van der Waals surface area (Å²) in [7, 11) is -0.352. The van der Waals surface area contributed by atoms with Gasteiger partial charge in [0.25, 0.3) is 0 Å². The predicted octanol–water partition coefficient (Wildman–Crippen LogP) is 1.65. The van der Waals surface area contributed by atoms with Crippen molar-refractivity contribution in [2.75, 3.05) is 19.7 Å². The molecule has 0 aliphatic carbocycles. The molecule has 0 aromatic carbocycles. The van der Waals surface area contributed by atoms with Gasteiger partial charge in [0.2, 0.25) is 0 Å². The number of ether oxygens (including phenoxy) is 1. The molecule has 20 heavy (non-hydrogen) atoms. The number of carbonyl (C=O) groups is 1. The van der Waals surface area contributed by atoms with E-state index in [0.29, 0.717) is 13.2 Å². The zero-order valence-electron chi connectivity index (χ0n) is 12.9. The quantitative estimate of drug-likeness (QED) is 0.635. The summed E-state index contributed by atoms with van der Waals surface area (Å²) in [4.78, 5) is 12.0. The summed E-state index contributed by atoms with van der Waals surface area (Å²) >= 11 is 0. The number of halogens is 1. The molecule has 5 nitrogen and oxygen atoms in total. The third-order valence-corrected chi connectivity index (χ3v) is 4.47. The van der Waals surface area contributed by atoms with Gasteiger partial charge < -0.3 is 19.4 Å². The Kier molecular flexibility index (Phi) is 5.52. The van der Waals surface area contributed by atoms with Crippen molar-refractivity contribution in [3.8, 4) is 0 Å². The van der Waals surface area contributed by atoms with E-state index in [0.717, 1.165) is 6.54 Å². The molecular formula is C13H25BClNO4. The Morgan fingerprint density at radius 2 is 1.80 bits per heavy atom. The first-order valence-corrected chi connectivity index (χ1v) is 7.01. The van der Waals surface area contributed by atoms with Crippen LogP contribution < -0.4 is 5.32 Å². The van der Waals surface area contributed by atoms with E-state index in [1.54, 1.807) is 0 Å². The molecular weight excluding hydrogens is 280 g/mol. The van der Waals surface area contributed by atoms with Gasteiger partial charge in [-0.2, -0.15) is 0 Å². The summed E-state index contributed by atoms with van der Waals surface area (Å²) in [5.41, 5.74) is -0.723. The molecule has 2 fully saturated rings. The third kappa shape index (κ3) is 3.13. The molecule has 0 amide bonds. The normalized spacial score (nSPS) is 30.9. The van der Waals surface area contributed by atoms with Gasteiger partial charge in [0.05, 0.1) is 23.7 Å². The second-order valence-electron chi connectivity index (χ2n) is 6.31. The first kappa shape index (κ1) is 17.8. The van der Waals surface area contributed by atoms with E-state index >= 15 is 0 Å². The van der Waals surface area contributed by atoms with Crippen LogP contribution in [0.3, 0.4) is 0 Å². The maximum absolute atomic E-state index is 12.0. The minimum absolute atomic E-state index is 0. The monoisotopic (exact) mass is 305 g/mol. The second kappa shape index (κ2) is 6.22. The fraction of sp³-hybridized carbons (Fsp3) is 0.923. The molecule has 2 unspecified atom stereocenters. The Balaban J connectivity index is 0.00000200. The highest BCUT2D eigenvalue weighted by Gasteiger charge is 2.56. The molecule has 2 saturated heterocycles. The Morgan fingerprint density at radius 3 is 2.30 bits per heavy atom. The minimum atomic E-state index is -0.362. The van der Waals surface area contributed by atoms with Crippen molar-refractivity contribution in [3.63, 3.8) is 0 Å². The van der Waals surface area contributed by atoms with Gasteiger partial charge in [0.1, 0.15) is 0 Å². The van der Waals surface area contributed by atoms with Crippen LogP contribution in [0.2, 0.25) is 5.82 Å². The molecule has 2 atom stereocenters. The summed E-state index contributed by atoms with van der Waals surface area (Å²) in [5, 5.41) is 3.23. The molecule has 116 valence electrons. The number of rotatable bonds is 3. The lowest BCUT2D eigenvalue weighted by molar-refractivity contribution is -0.147. The van der Waals surface area contributed by atoms with Crippen molar-refractivity contribution in [1.29, 1.82) is 0 Å². The molecule has 1 N–H and O–H groups in total. The maximum atomic E-state index is 12.0. The van der Waals surface area contributed by atoms with E-state index in [2.05, 4.69) is 5.32 Å². The number of carbonyl (C=O) groups excluding carboxylic acids is 1. The van der Waals surface area contributed by atoms with Gasteiger partial charge in [0.15, 0.2) is 0 Å². The van der Waals surface area contributed by atoms with Crippen LogP contribution in [0.25, 0.3) is 0 Å². The van der Waals surface area contributed by atoms with Gasteiger partial charge in [-0.3, -0.25) is 4.79 Å². The van der Waals surface area contributed by atoms with Gasteiger partial charge in [-0.05, 0) is 41.2 Å². The molecule has 0 aromatic heterocycles. The highest BCUT2D eigenvalue weighted by Crippen LogP contribution is 2.42. The van der Waals surface area contributed by atoms with Gasteiger partial charge >= 0.3 is 13.1 Å². The SMILES string of the molecule is CCOC(=O)C1CNCC1B1OC(C)(C)C(C)(C)O1.Cl. The first-order chi connectivity index (χ1) is 8.78. The van der Waals surface area contributed by atoms with Crippen LogP contribution in [0.4, 0.5) is 0 Å². The largest absolute Gasteiger partial charge is 0.466 e. The zero-order valence-corrected chi connectivity index (χ0v) is 13.7. The average Bonchev–Trinajstić information content (AvgIpc) is 2.82. The summed E-state index contributed by atoms with van der Waals surface area (Å²) in [6.07, 6.45) is 0. The van der Waals surface area contributed by atoms with Crippen molar-refractivity contribution in [2.45, 2.75) is 51.6 Å². The summed E-state index contributed by atoms with van der Waals surface area (Å²) < 4.78 is 17.2. The highest BCUT2D eigenvalue weighted by atomic mass is 35.5. The topological polar surface area (TPSA) is 56.8 Å². The molecule has 2 rings (SSSR count). The number of hydrogen-bond donors (Lipinski definition) is 1. The Hall–Kier alpha value is -0.295. The van der Waals surface area contributed by atoms with Gasteiger partial charge in [0, 0.05) is 12.4 Å². The number of nitrogens with one attached hydrogen (secondary N) is 1. The molecule has 0 saturated carbocycles. The molecule has 0 aromatic rings. The lowest BCUT2D eigenvalue weighted by Crippen LogP contribution is -2.41. The fourth-order valence-corrected chi connectivity index (χ4v) is 2.56. The third-order valence-electron chi connectivity index (χ3n) is 4.47. The lowest BCUT2D eigenvalue weighted by atomic mass is 9.66. The molecule has 2 aliphatic heterocycles. The fourth-order valence-electron chi connectivity index (χ4n) is 2.56. The van der Waals surface area contributed by atoms with Crippen LogP contribution in [0.1, 0.15) is 34.6 Å². The summed E-state index contributed by atoms with van der Waals surface area (Å²) in [6.45, 7) is 11.7. The highest BCUT2D eigenvalue weighted by molar-refractivity contribution is 6.48. The van der Waals surface area contributed by atoms with E-state index in [9.17, 15) is 4.79 Å². The lowest BCUT2D eigenvalue weighted by Gasteiger charge is -2.32. The van der Waals surface area contributed by atoms with E-state index in [-0.39, 0.29) is 48.4 Å². The van der Waals surface area contributed by atoms with E-state index in [4.69, 9.17) is 14.0 Å². The van der Waals surface area contributed by atoms with Crippen molar-refractivity contribution < 1.29 is 18.8 Å². The second-order valence-corrected chi connectivity index (χ2v) is 6.31. The van der Waals surface area contributed by atoms with Gasteiger partial charge in [-0.1, -0.05) is 0 Å². The molecule has 2 heterocycles. The Bertz CT molecular complexity index is 348. The van der Waals surface area contributed by atoms with Crippen LogP contribution >= 0.6 is 12.4 Å². The van der Waals surface area contributed by atoms with Crippen LogP contribution in [-0.2, 0) is 18.8 Å². The molecule has 2 aliphatic rings. The van der Waals surface area contributed by atoms with Crippen molar-refractivity contribution in [2.24, 2.45) is 5.92 Å². The van der Waals surface area contributed by atoms with Gasteiger partial charge in [-0.15, -0.1) is 12.4 Å². The Labute approximate surface area is 127 Å². The number of hydrogen-bond acceptors (Lipinski definition) is 5. The van der Waals surface area contributed by atoms with E-state index in [1.807, 2.05) is 34.6 Å². The predicted molar refractivity (Wildman–Crippen MR) is 80.1 cm³/mol. The molecule has 0 radical (unpaired) electrons. The molecule has 7 heteroatoms. The van der Waals surface area contributed by atoms with Crippen LogP contribution in [0, 0.1) is 5.92 Å². The maximum Gasteiger partial charge on any atom is 0.463 e. The average molecular weight is 306 g/mol.